The lowest BCUT2D eigenvalue weighted by atomic mass is 10.1. The number of amides is 1. The zero-order valence-corrected chi connectivity index (χ0v) is 14.0. The molecule has 0 bridgehead atoms. The molecule has 2 rings (SSSR count). The van der Waals surface area contributed by atoms with Crippen molar-refractivity contribution in [2.24, 2.45) is 0 Å². The van der Waals surface area contributed by atoms with Crippen LogP contribution in [0.15, 0.2) is 28.8 Å². The third kappa shape index (κ3) is 4.56. The van der Waals surface area contributed by atoms with Gasteiger partial charge in [0.25, 0.3) is 5.91 Å². The molecular formula is C17H22N2O5. The number of ether oxygens (including phenoxy) is 1. The Morgan fingerprint density at radius 3 is 2.83 bits per heavy atom. The molecule has 0 aliphatic rings. The standard InChI is InChI=1S/C17H22N2O5/c1-11-4-5-12(2)16(6-11)23-10-14-7-15(18-24-14)17(22)19(3)8-13(21)9-20/h4-7,13,20-21H,8-10H2,1-3H3/t13-/m0/s1. The molecule has 7 heteroatoms. The molecule has 0 fully saturated rings. The quantitative estimate of drug-likeness (QED) is 0.792. The van der Waals surface area contributed by atoms with Gasteiger partial charge in [0, 0.05) is 19.7 Å². The lowest BCUT2D eigenvalue weighted by molar-refractivity contribution is 0.0513. The molecular weight excluding hydrogens is 312 g/mol. The summed E-state index contributed by atoms with van der Waals surface area (Å²) in [5, 5.41) is 21.9. The first-order chi connectivity index (χ1) is 11.4. The van der Waals surface area contributed by atoms with E-state index in [1.54, 1.807) is 0 Å². The van der Waals surface area contributed by atoms with Gasteiger partial charge >= 0.3 is 0 Å². The summed E-state index contributed by atoms with van der Waals surface area (Å²) in [5.74, 6) is 0.780. The fourth-order valence-corrected chi connectivity index (χ4v) is 2.15. The van der Waals surface area contributed by atoms with Crippen LogP contribution in [0.5, 0.6) is 5.75 Å². The fourth-order valence-electron chi connectivity index (χ4n) is 2.15. The van der Waals surface area contributed by atoms with Crippen molar-refractivity contribution >= 4 is 5.91 Å². The number of likely N-dealkylation sites (N-methyl/N-ethyl adjacent to an activating group) is 1. The summed E-state index contributed by atoms with van der Waals surface area (Å²) in [6, 6.07) is 7.42. The molecule has 0 saturated carbocycles. The maximum Gasteiger partial charge on any atom is 0.275 e. The minimum Gasteiger partial charge on any atom is -0.485 e. The highest BCUT2D eigenvalue weighted by molar-refractivity contribution is 5.92. The highest BCUT2D eigenvalue weighted by Gasteiger charge is 2.19. The average Bonchev–Trinajstić information content (AvgIpc) is 3.03. The van der Waals surface area contributed by atoms with E-state index in [0.717, 1.165) is 16.9 Å². The Kier molecular flexibility index (Phi) is 5.94. The molecule has 1 amide bonds. The number of carbonyl (C=O) groups excluding carboxylic acids is 1. The van der Waals surface area contributed by atoms with Crippen LogP contribution in [-0.4, -0.2) is 52.5 Å². The maximum atomic E-state index is 12.2. The van der Waals surface area contributed by atoms with Crippen molar-refractivity contribution in [2.75, 3.05) is 20.2 Å². The van der Waals surface area contributed by atoms with E-state index in [1.165, 1.54) is 18.0 Å². The summed E-state index contributed by atoms with van der Waals surface area (Å²) in [7, 11) is 1.52. The Morgan fingerprint density at radius 1 is 1.38 bits per heavy atom. The summed E-state index contributed by atoms with van der Waals surface area (Å²) in [6.45, 7) is 3.69. The Hall–Kier alpha value is -2.38. The van der Waals surface area contributed by atoms with Crippen LogP contribution in [0.25, 0.3) is 0 Å². The number of aliphatic hydroxyl groups is 2. The molecule has 1 heterocycles. The molecule has 0 spiro atoms. The maximum absolute atomic E-state index is 12.2. The van der Waals surface area contributed by atoms with Crippen LogP contribution in [0.1, 0.15) is 27.4 Å². The van der Waals surface area contributed by atoms with Crippen LogP contribution < -0.4 is 4.74 Å². The van der Waals surface area contributed by atoms with Gasteiger partial charge in [0.1, 0.15) is 12.4 Å². The van der Waals surface area contributed by atoms with Crippen LogP contribution in [0.4, 0.5) is 0 Å². The van der Waals surface area contributed by atoms with Crippen LogP contribution in [-0.2, 0) is 6.61 Å². The van der Waals surface area contributed by atoms with E-state index in [0.29, 0.717) is 5.76 Å². The van der Waals surface area contributed by atoms with E-state index >= 15 is 0 Å². The van der Waals surface area contributed by atoms with Gasteiger partial charge in [-0.1, -0.05) is 17.3 Å². The lowest BCUT2D eigenvalue weighted by Crippen LogP contribution is -2.36. The van der Waals surface area contributed by atoms with Crippen molar-refractivity contribution in [1.82, 2.24) is 10.1 Å². The van der Waals surface area contributed by atoms with E-state index in [2.05, 4.69) is 5.16 Å². The van der Waals surface area contributed by atoms with Gasteiger partial charge in [0.05, 0.1) is 12.7 Å². The molecule has 0 saturated heterocycles. The van der Waals surface area contributed by atoms with Gasteiger partial charge in [-0.3, -0.25) is 4.79 Å². The molecule has 130 valence electrons. The average molecular weight is 334 g/mol. The molecule has 2 aromatic rings. The number of aliphatic hydroxyl groups excluding tert-OH is 2. The molecule has 24 heavy (non-hydrogen) atoms. The fraction of sp³-hybridized carbons (Fsp3) is 0.412. The van der Waals surface area contributed by atoms with Gasteiger partial charge in [0.15, 0.2) is 11.5 Å². The zero-order chi connectivity index (χ0) is 17.7. The monoisotopic (exact) mass is 334 g/mol. The summed E-state index contributed by atoms with van der Waals surface area (Å²) < 4.78 is 10.8. The number of aryl methyl sites for hydroxylation is 2. The van der Waals surface area contributed by atoms with Crippen molar-refractivity contribution in [2.45, 2.75) is 26.6 Å². The lowest BCUT2D eigenvalue weighted by Gasteiger charge is -2.18. The number of benzene rings is 1. The predicted molar refractivity (Wildman–Crippen MR) is 86.8 cm³/mol. The van der Waals surface area contributed by atoms with Gasteiger partial charge in [-0.05, 0) is 31.0 Å². The number of carbonyl (C=O) groups is 1. The minimum absolute atomic E-state index is 0.0104. The second kappa shape index (κ2) is 7.94. The van der Waals surface area contributed by atoms with Gasteiger partial charge in [0.2, 0.25) is 0 Å². The zero-order valence-electron chi connectivity index (χ0n) is 14.0. The first-order valence-corrected chi connectivity index (χ1v) is 7.60. The number of nitrogens with zero attached hydrogens (tertiary/aromatic N) is 2. The first kappa shape index (κ1) is 18.0. The number of aromatic nitrogens is 1. The second-order valence-corrected chi connectivity index (χ2v) is 5.76. The highest BCUT2D eigenvalue weighted by atomic mass is 16.5. The molecule has 7 nitrogen and oxygen atoms in total. The second-order valence-electron chi connectivity index (χ2n) is 5.76. The highest BCUT2D eigenvalue weighted by Crippen LogP contribution is 2.20. The van der Waals surface area contributed by atoms with Crippen molar-refractivity contribution < 1.29 is 24.3 Å². The molecule has 1 atom stereocenters. The van der Waals surface area contributed by atoms with E-state index < -0.39 is 18.6 Å². The third-order valence-corrected chi connectivity index (χ3v) is 3.53. The number of hydrogen-bond donors (Lipinski definition) is 2. The Morgan fingerprint density at radius 2 is 2.12 bits per heavy atom. The van der Waals surface area contributed by atoms with Crippen LogP contribution in [0.3, 0.4) is 0 Å². The SMILES string of the molecule is Cc1ccc(C)c(OCc2cc(C(=O)N(C)C[C@H](O)CO)no2)c1. The van der Waals surface area contributed by atoms with E-state index in [-0.39, 0.29) is 18.8 Å². The van der Waals surface area contributed by atoms with Crippen LogP contribution in [0, 0.1) is 13.8 Å². The number of rotatable bonds is 7. The van der Waals surface area contributed by atoms with Crippen molar-refractivity contribution in [3.8, 4) is 5.75 Å². The molecule has 0 aliphatic heterocycles. The topological polar surface area (TPSA) is 96.0 Å². The summed E-state index contributed by atoms with van der Waals surface area (Å²) >= 11 is 0. The summed E-state index contributed by atoms with van der Waals surface area (Å²) in [5.41, 5.74) is 2.23. The van der Waals surface area contributed by atoms with Gasteiger partial charge in [-0.25, -0.2) is 0 Å². The van der Waals surface area contributed by atoms with E-state index in [1.807, 2.05) is 32.0 Å². The molecule has 0 radical (unpaired) electrons. The van der Waals surface area contributed by atoms with Gasteiger partial charge in [-0.15, -0.1) is 0 Å². The van der Waals surface area contributed by atoms with Crippen molar-refractivity contribution in [3.05, 3.63) is 46.8 Å². The summed E-state index contributed by atoms with van der Waals surface area (Å²) in [4.78, 5) is 13.4. The van der Waals surface area contributed by atoms with E-state index in [9.17, 15) is 9.90 Å². The molecule has 0 unspecified atom stereocenters. The number of hydrogen-bond acceptors (Lipinski definition) is 6. The Balaban J connectivity index is 1.97. The van der Waals surface area contributed by atoms with Gasteiger partial charge < -0.3 is 24.4 Å². The van der Waals surface area contributed by atoms with Gasteiger partial charge in [-0.2, -0.15) is 0 Å². The summed E-state index contributed by atoms with van der Waals surface area (Å²) in [6.07, 6.45) is -0.988. The van der Waals surface area contributed by atoms with Crippen molar-refractivity contribution in [3.63, 3.8) is 0 Å². The van der Waals surface area contributed by atoms with Crippen LogP contribution in [0.2, 0.25) is 0 Å². The normalized spacial score (nSPS) is 12.0. The Bertz CT molecular complexity index is 698. The smallest absolute Gasteiger partial charge is 0.275 e. The molecule has 1 aromatic heterocycles. The van der Waals surface area contributed by atoms with E-state index in [4.69, 9.17) is 14.4 Å². The molecule has 1 aromatic carbocycles. The van der Waals surface area contributed by atoms with Crippen LogP contribution >= 0.6 is 0 Å². The van der Waals surface area contributed by atoms with Crippen molar-refractivity contribution in [1.29, 1.82) is 0 Å². The predicted octanol–water partition coefficient (Wildman–Crippen LogP) is 1.30. The largest absolute Gasteiger partial charge is 0.485 e. The first-order valence-electron chi connectivity index (χ1n) is 7.60. The molecule has 0 aliphatic carbocycles. The minimum atomic E-state index is -0.988. The Labute approximate surface area is 140 Å². The third-order valence-electron chi connectivity index (χ3n) is 3.53. The molecule has 2 N–H and O–H groups in total.